The van der Waals surface area contributed by atoms with E-state index in [0.717, 1.165) is 6.26 Å². The Labute approximate surface area is 191 Å². The Morgan fingerprint density at radius 1 is 0.939 bits per heavy atom. The number of carbonyl (C=O) groups is 2. The molecule has 0 aliphatic carbocycles. The molecular weight excluding hydrogens is 436 g/mol. The van der Waals surface area contributed by atoms with E-state index >= 15 is 0 Å². The van der Waals surface area contributed by atoms with E-state index in [4.69, 9.17) is 28.4 Å². The standard InChI is InChI=1S/C22H26N2O9/c1-22(2,3)33-20(26)18-13(31-15(12-27-4)19(25)30-7)9-8-10-14(18)32-21-23-16(28-5)11-17(24-21)29-6/h8-12H,1-7H3/b15-12+. The van der Waals surface area contributed by atoms with Crippen molar-refractivity contribution >= 4 is 11.9 Å². The van der Waals surface area contributed by atoms with Gasteiger partial charge in [0.15, 0.2) is 0 Å². The van der Waals surface area contributed by atoms with Crippen LogP contribution in [0.3, 0.4) is 0 Å². The predicted octanol–water partition coefficient (Wildman–Crippen LogP) is 3.28. The lowest BCUT2D eigenvalue weighted by Gasteiger charge is -2.21. The second-order valence-corrected chi connectivity index (χ2v) is 7.28. The van der Waals surface area contributed by atoms with Crippen LogP contribution in [0.1, 0.15) is 31.1 Å². The fourth-order valence-electron chi connectivity index (χ4n) is 2.39. The number of hydrogen-bond acceptors (Lipinski definition) is 11. The first kappa shape index (κ1) is 25.2. The van der Waals surface area contributed by atoms with Gasteiger partial charge in [0, 0.05) is 0 Å². The van der Waals surface area contributed by atoms with Crippen molar-refractivity contribution in [2.75, 3.05) is 28.4 Å². The van der Waals surface area contributed by atoms with Crippen molar-refractivity contribution in [2.24, 2.45) is 0 Å². The van der Waals surface area contributed by atoms with Gasteiger partial charge in [0.1, 0.15) is 28.9 Å². The molecule has 1 heterocycles. The molecule has 11 heteroatoms. The number of nitrogens with zero attached hydrogens (tertiary/aromatic N) is 2. The average Bonchev–Trinajstić information content (AvgIpc) is 2.76. The molecule has 0 N–H and O–H groups in total. The Hall–Kier alpha value is -4.02. The molecule has 178 valence electrons. The summed E-state index contributed by atoms with van der Waals surface area (Å²) in [5.41, 5.74) is -0.950. The van der Waals surface area contributed by atoms with Crippen molar-refractivity contribution in [1.82, 2.24) is 9.97 Å². The monoisotopic (exact) mass is 462 g/mol. The Kier molecular flexibility index (Phi) is 8.43. The predicted molar refractivity (Wildman–Crippen MR) is 115 cm³/mol. The molecule has 1 aromatic heterocycles. The molecule has 0 unspecified atom stereocenters. The summed E-state index contributed by atoms with van der Waals surface area (Å²) in [4.78, 5) is 33.3. The highest BCUT2D eigenvalue weighted by molar-refractivity contribution is 5.96. The van der Waals surface area contributed by atoms with Gasteiger partial charge in [-0.1, -0.05) is 6.07 Å². The highest BCUT2D eigenvalue weighted by Crippen LogP contribution is 2.35. The van der Waals surface area contributed by atoms with Crippen LogP contribution in [0.25, 0.3) is 0 Å². The van der Waals surface area contributed by atoms with Crippen molar-refractivity contribution in [3.05, 3.63) is 41.9 Å². The second kappa shape index (κ2) is 11.0. The third-order valence-electron chi connectivity index (χ3n) is 3.70. The van der Waals surface area contributed by atoms with E-state index in [-0.39, 0.29) is 40.6 Å². The minimum absolute atomic E-state index is 0.00121. The minimum Gasteiger partial charge on any atom is -0.500 e. The zero-order valence-electron chi connectivity index (χ0n) is 19.5. The van der Waals surface area contributed by atoms with Gasteiger partial charge in [-0.05, 0) is 32.9 Å². The van der Waals surface area contributed by atoms with Crippen LogP contribution in [0.15, 0.2) is 36.3 Å². The lowest BCUT2D eigenvalue weighted by atomic mass is 10.1. The average molecular weight is 462 g/mol. The molecule has 0 fully saturated rings. The number of esters is 2. The van der Waals surface area contributed by atoms with Crippen LogP contribution in [0.4, 0.5) is 0 Å². The van der Waals surface area contributed by atoms with E-state index in [1.165, 1.54) is 52.7 Å². The highest BCUT2D eigenvalue weighted by atomic mass is 16.6. The minimum atomic E-state index is -0.829. The number of aromatic nitrogens is 2. The molecule has 0 aliphatic rings. The molecule has 0 amide bonds. The van der Waals surface area contributed by atoms with Crippen LogP contribution in [0.5, 0.6) is 29.3 Å². The summed E-state index contributed by atoms with van der Waals surface area (Å²) in [5.74, 6) is -1.59. The maximum Gasteiger partial charge on any atom is 0.377 e. The zero-order chi connectivity index (χ0) is 24.6. The molecule has 2 aromatic rings. The van der Waals surface area contributed by atoms with E-state index in [1.807, 2.05) is 0 Å². The van der Waals surface area contributed by atoms with Crippen LogP contribution >= 0.6 is 0 Å². The fourth-order valence-corrected chi connectivity index (χ4v) is 2.39. The molecule has 0 aliphatic heterocycles. The summed E-state index contributed by atoms with van der Waals surface area (Å²) in [6, 6.07) is 5.77. The third kappa shape index (κ3) is 6.99. The van der Waals surface area contributed by atoms with Crippen molar-refractivity contribution in [1.29, 1.82) is 0 Å². The van der Waals surface area contributed by atoms with Crippen LogP contribution < -0.4 is 18.9 Å². The number of hydrogen-bond donors (Lipinski definition) is 0. The summed E-state index contributed by atoms with van der Waals surface area (Å²) in [6.45, 7) is 5.11. The van der Waals surface area contributed by atoms with Crippen LogP contribution in [0, 0.1) is 0 Å². The summed E-state index contributed by atoms with van der Waals surface area (Å²) < 4.78 is 36.7. The molecule has 0 bridgehead atoms. The van der Waals surface area contributed by atoms with Crippen LogP contribution in [-0.2, 0) is 19.0 Å². The van der Waals surface area contributed by atoms with Gasteiger partial charge in [-0.15, -0.1) is 0 Å². The van der Waals surface area contributed by atoms with E-state index in [0.29, 0.717) is 0 Å². The molecule has 11 nitrogen and oxygen atoms in total. The van der Waals surface area contributed by atoms with Gasteiger partial charge in [0.2, 0.25) is 17.5 Å². The SMILES string of the molecule is CO/C=C(/Oc1cccc(Oc2nc(OC)cc(OC)n2)c1C(=O)OC(C)(C)C)C(=O)OC. The first-order valence-corrected chi connectivity index (χ1v) is 9.62. The quantitative estimate of drug-likeness (QED) is 0.310. The van der Waals surface area contributed by atoms with Gasteiger partial charge in [-0.3, -0.25) is 0 Å². The lowest BCUT2D eigenvalue weighted by Crippen LogP contribution is -2.25. The molecule has 0 spiro atoms. The normalized spacial score (nSPS) is 11.3. The van der Waals surface area contributed by atoms with Gasteiger partial charge in [-0.25, -0.2) is 9.59 Å². The molecule has 0 atom stereocenters. The van der Waals surface area contributed by atoms with Gasteiger partial charge in [-0.2, -0.15) is 9.97 Å². The number of ether oxygens (including phenoxy) is 7. The Morgan fingerprint density at radius 3 is 2.06 bits per heavy atom. The third-order valence-corrected chi connectivity index (χ3v) is 3.70. The summed E-state index contributed by atoms with van der Waals surface area (Å²) in [5, 5.41) is 0. The summed E-state index contributed by atoms with van der Waals surface area (Å²) in [6.07, 6.45) is 1.04. The van der Waals surface area contributed by atoms with E-state index < -0.39 is 17.5 Å². The largest absolute Gasteiger partial charge is 0.500 e. The first-order valence-electron chi connectivity index (χ1n) is 9.62. The van der Waals surface area contributed by atoms with E-state index in [2.05, 4.69) is 14.7 Å². The number of benzene rings is 1. The summed E-state index contributed by atoms with van der Waals surface area (Å²) >= 11 is 0. The fraction of sp³-hybridized carbons (Fsp3) is 0.364. The lowest BCUT2D eigenvalue weighted by molar-refractivity contribution is -0.138. The highest BCUT2D eigenvalue weighted by Gasteiger charge is 2.28. The molecule has 0 saturated heterocycles. The van der Waals surface area contributed by atoms with Crippen molar-refractivity contribution in [3.63, 3.8) is 0 Å². The van der Waals surface area contributed by atoms with Crippen molar-refractivity contribution in [2.45, 2.75) is 26.4 Å². The van der Waals surface area contributed by atoms with Crippen LogP contribution in [-0.4, -0.2) is 55.9 Å². The van der Waals surface area contributed by atoms with Crippen molar-refractivity contribution in [3.8, 4) is 29.3 Å². The Bertz CT molecular complexity index is 1010. The Morgan fingerprint density at radius 2 is 1.55 bits per heavy atom. The van der Waals surface area contributed by atoms with Gasteiger partial charge < -0.3 is 33.2 Å². The number of rotatable bonds is 9. The maximum absolute atomic E-state index is 13.1. The molecule has 0 saturated carbocycles. The van der Waals surface area contributed by atoms with E-state index in [1.54, 1.807) is 20.8 Å². The summed E-state index contributed by atoms with van der Waals surface area (Å²) in [7, 11) is 5.34. The van der Waals surface area contributed by atoms with Crippen LogP contribution in [0.2, 0.25) is 0 Å². The van der Waals surface area contributed by atoms with Gasteiger partial charge >= 0.3 is 17.9 Å². The first-order chi connectivity index (χ1) is 15.6. The molecule has 2 rings (SSSR count). The van der Waals surface area contributed by atoms with Gasteiger partial charge in [0.25, 0.3) is 0 Å². The number of methoxy groups -OCH3 is 4. The molecule has 0 radical (unpaired) electrons. The molecular formula is C22H26N2O9. The van der Waals surface area contributed by atoms with Gasteiger partial charge in [0.05, 0.1) is 34.5 Å². The van der Waals surface area contributed by atoms with E-state index in [9.17, 15) is 9.59 Å². The molecule has 33 heavy (non-hydrogen) atoms. The van der Waals surface area contributed by atoms with Crippen molar-refractivity contribution < 1.29 is 42.7 Å². The number of carbonyl (C=O) groups excluding carboxylic acids is 2. The topological polar surface area (TPSA) is 125 Å². The Balaban J connectivity index is 2.59. The maximum atomic E-state index is 13.1. The zero-order valence-corrected chi connectivity index (χ0v) is 19.5. The smallest absolute Gasteiger partial charge is 0.377 e. The molecule has 1 aromatic carbocycles. The second-order valence-electron chi connectivity index (χ2n) is 7.28.